The standard InChI is InChI=1S/C17H13BrN2O5S/c1-25-14-7-4-11(20(23)24)8-13(14)19-16(21)9-15(17(19)22)26-12-5-2-10(18)3-6-12/h2-8,15H,9H2,1H3. The van der Waals surface area contributed by atoms with Gasteiger partial charge in [0.1, 0.15) is 11.4 Å². The van der Waals surface area contributed by atoms with E-state index >= 15 is 0 Å². The van der Waals surface area contributed by atoms with Gasteiger partial charge in [0.2, 0.25) is 11.8 Å². The zero-order chi connectivity index (χ0) is 18.8. The quantitative estimate of drug-likeness (QED) is 0.402. The van der Waals surface area contributed by atoms with E-state index in [4.69, 9.17) is 4.74 Å². The van der Waals surface area contributed by atoms with E-state index in [0.29, 0.717) is 0 Å². The smallest absolute Gasteiger partial charge is 0.271 e. The van der Waals surface area contributed by atoms with Gasteiger partial charge in [0.15, 0.2) is 0 Å². The number of methoxy groups -OCH3 is 1. The highest BCUT2D eigenvalue weighted by atomic mass is 79.9. The summed E-state index contributed by atoms with van der Waals surface area (Å²) in [5.74, 6) is -0.600. The van der Waals surface area contributed by atoms with E-state index in [-0.39, 0.29) is 23.5 Å². The summed E-state index contributed by atoms with van der Waals surface area (Å²) in [4.78, 5) is 37.5. The molecule has 1 fully saturated rings. The van der Waals surface area contributed by atoms with Crippen molar-refractivity contribution < 1.29 is 19.2 Å². The summed E-state index contributed by atoms with van der Waals surface area (Å²) in [6.07, 6.45) is 0.0193. The number of benzene rings is 2. The molecule has 1 saturated heterocycles. The highest BCUT2D eigenvalue weighted by molar-refractivity contribution is 9.10. The first kappa shape index (κ1) is 18.4. The van der Waals surface area contributed by atoms with Crippen molar-refractivity contribution in [1.82, 2.24) is 0 Å². The number of imide groups is 1. The van der Waals surface area contributed by atoms with Gasteiger partial charge in [-0.15, -0.1) is 11.8 Å². The van der Waals surface area contributed by atoms with Gasteiger partial charge in [-0.2, -0.15) is 0 Å². The lowest BCUT2D eigenvalue weighted by Crippen LogP contribution is -2.31. The molecule has 1 aliphatic heterocycles. The normalized spacial score (nSPS) is 16.8. The third kappa shape index (κ3) is 3.58. The number of ether oxygens (including phenoxy) is 1. The fourth-order valence-corrected chi connectivity index (χ4v) is 3.91. The number of carbonyl (C=O) groups is 2. The molecule has 7 nitrogen and oxygen atoms in total. The monoisotopic (exact) mass is 436 g/mol. The molecule has 1 heterocycles. The molecule has 0 aromatic heterocycles. The Morgan fingerprint density at radius 1 is 1.23 bits per heavy atom. The second kappa shape index (κ2) is 7.46. The number of nitro benzene ring substituents is 1. The average molecular weight is 437 g/mol. The van der Waals surface area contributed by atoms with Crippen LogP contribution < -0.4 is 9.64 Å². The molecule has 2 aromatic carbocycles. The molecule has 0 spiro atoms. The van der Waals surface area contributed by atoms with E-state index < -0.39 is 22.0 Å². The summed E-state index contributed by atoms with van der Waals surface area (Å²) in [5, 5.41) is 10.4. The van der Waals surface area contributed by atoms with Crippen molar-refractivity contribution in [3.05, 3.63) is 57.1 Å². The van der Waals surface area contributed by atoms with Crippen LogP contribution in [0.2, 0.25) is 0 Å². The molecule has 26 heavy (non-hydrogen) atoms. The largest absolute Gasteiger partial charge is 0.495 e. The van der Waals surface area contributed by atoms with Crippen LogP contribution in [0.3, 0.4) is 0 Å². The van der Waals surface area contributed by atoms with Crippen LogP contribution in [0.15, 0.2) is 51.8 Å². The number of carbonyl (C=O) groups excluding carboxylic acids is 2. The second-order valence-corrected chi connectivity index (χ2v) is 7.64. The molecular formula is C17H13BrN2O5S. The second-order valence-electron chi connectivity index (χ2n) is 5.45. The van der Waals surface area contributed by atoms with Gasteiger partial charge in [-0.3, -0.25) is 19.7 Å². The van der Waals surface area contributed by atoms with Crippen molar-refractivity contribution in [1.29, 1.82) is 0 Å². The van der Waals surface area contributed by atoms with Crippen LogP contribution in [0.5, 0.6) is 5.75 Å². The highest BCUT2D eigenvalue weighted by Gasteiger charge is 2.41. The Kier molecular flexibility index (Phi) is 5.28. The van der Waals surface area contributed by atoms with E-state index in [0.717, 1.165) is 14.3 Å². The third-order valence-electron chi connectivity index (χ3n) is 3.81. The van der Waals surface area contributed by atoms with Crippen LogP contribution in [0.4, 0.5) is 11.4 Å². The zero-order valence-corrected chi connectivity index (χ0v) is 16.0. The van der Waals surface area contributed by atoms with Gasteiger partial charge in [-0.05, 0) is 30.3 Å². The van der Waals surface area contributed by atoms with Gasteiger partial charge in [0, 0.05) is 27.9 Å². The lowest BCUT2D eigenvalue weighted by Gasteiger charge is -2.17. The zero-order valence-electron chi connectivity index (χ0n) is 13.5. The highest BCUT2D eigenvalue weighted by Crippen LogP contribution is 2.39. The topological polar surface area (TPSA) is 89.8 Å². The SMILES string of the molecule is COc1ccc([N+](=O)[O-])cc1N1C(=O)CC(Sc2ccc(Br)cc2)C1=O. The fraction of sp³-hybridized carbons (Fsp3) is 0.176. The molecule has 2 amide bonds. The number of thioether (sulfide) groups is 1. The Balaban J connectivity index is 1.90. The molecule has 3 rings (SSSR count). The average Bonchev–Trinajstić information content (AvgIpc) is 2.89. The first-order chi connectivity index (χ1) is 12.4. The van der Waals surface area contributed by atoms with Gasteiger partial charge in [-0.25, -0.2) is 4.90 Å². The molecule has 9 heteroatoms. The minimum Gasteiger partial charge on any atom is -0.495 e. The Bertz CT molecular complexity index is 887. The fourth-order valence-electron chi connectivity index (χ4n) is 2.59. The minimum atomic E-state index is -0.590. The summed E-state index contributed by atoms with van der Waals surface area (Å²) in [7, 11) is 1.38. The van der Waals surface area contributed by atoms with E-state index in [1.54, 1.807) is 0 Å². The van der Waals surface area contributed by atoms with Gasteiger partial charge >= 0.3 is 0 Å². The van der Waals surface area contributed by atoms with Gasteiger partial charge in [0.05, 0.1) is 17.3 Å². The summed E-state index contributed by atoms with van der Waals surface area (Å²) in [6.45, 7) is 0. The van der Waals surface area contributed by atoms with Gasteiger partial charge < -0.3 is 4.74 Å². The van der Waals surface area contributed by atoms with Crippen LogP contribution >= 0.6 is 27.7 Å². The van der Waals surface area contributed by atoms with Crippen molar-refractivity contribution >= 4 is 50.9 Å². The maximum absolute atomic E-state index is 12.8. The lowest BCUT2D eigenvalue weighted by atomic mass is 10.2. The third-order valence-corrected chi connectivity index (χ3v) is 5.54. The molecule has 0 N–H and O–H groups in total. The number of hydrogen-bond acceptors (Lipinski definition) is 6. The first-order valence-corrected chi connectivity index (χ1v) is 9.19. The molecule has 0 aliphatic carbocycles. The van der Waals surface area contributed by atoms with Crippen LogP contribution in [0.1, 0.15) is 6.42 Å². The number of non-ortho nitro benzene ring substituents is 1. The molecule has 0 saturated carbocycles. The van der Waals surface area contributed by atoms with Gasteiger partial charge in [-0.1, -0.05) is 15.9 Å². The molecule has 1 aliphatic rings. The Morgan fingerprint density at radius 3 is 2.54 bits per heavy atom. The molecule has 134 valence electrons. The maximum Gasteiger partial charge on any atom is 0.271 e. The van der Waals surface area contributed by atoms with E-state index in [2.05, 4.69) is 15.9 Å². The molecule has 2 aromatic rings. The van der Waals surface area contributed by atoms with Crippen molar-refractivity contribution in [2.24, 2.45) is 0 Å². The number of halogens is 1. The van der Waals surface area contributed by atoms with E-state index in [1.165, 1.54) is 37.1 Å². The van der Waals surface area contributed by atoms with Gasteiger partial charge in [0.25, 0.3) is 5.69 Å². The Hall–Kier alpha value is -2.39. The van der Waals surface area contributed by atoms with Crippen LogP contribution in [0.25, 0.3) is 0 Å². The molecule has 0 radical (unpaired) electrons. The Labute approximate surface area is 161 Å². The van der Waals surface area contributed by atoms with E-state index in [9.17, 15) is 19.7 Å². The first-order valence-electron chi connectivity index (χ1n) is 7.52. The number of nitro groups is 1. The molecule has 1 atom stereocenters. The minimum absolute atomic E-state index is 0.0193. The van der Waals surface area contributed by atoms with Crippen LogP contribution in [-0.2, 0) is 9.59 Å². The maximum atomic E-state index is 12.8. The molecule has 1 unspecified atom stereocenters. The summed E-state index contributed by atoms with van der Waals surface area (Å²) in [6, 6.07) is 11.2. The lowest BCUT2D eigenvalue weighted by molar-refractivity contribution is -0.384. The number of amides is 2. The number of anilines is 1. The predicted octanol–water partition coefficient (Wildman–Crippen LogP) is 3.79. The van der Waals surface area contributed by atoms with Crippen LogP contribution in [0, 0.1) is 10.1 Å². The van der Waals surface area contributed by atoms with Crippen molar-refractivity contribution in [3.63, 3.8) is 0 Å². The van der Waals surface area contributed by atoms with Crippen LogP contribution in [-0.4, -0.2) is 29.1 Å². The van der Waals surface area contributed by atoms with Crippen molar-refractivity contribution in [2.75, 3.05) is 12.0 Å². The summed E-state index contributed by atoms with van der Waals surface area (Å²) >= 11 is 4.63. The molecular weight excluding hydrogens is 424 g/mol. The van der Waals surface area contributed by atoms with Crippen molar-refractivity contribution in [3.8, 4) is 5.75 Å². The molecule has 0 bridgehead atoms. The number of nitrogens with zero attached hydrogens (tertiary/aromatic N) is 2. The summed E-state index contributed by atoms with van der Waals surface area (Å²) < 4.78 is 6.09. The van der Waals surface area contributed by atoms with E-state index in [1.807, 2.05) is 24.3 Å². The Morgan fingerprint density at radius 2 is 1.92 bits per heavy atom. The number of hydrogen-bond donors (Lipinski definition) is 0. The van der Waals surface area contributed by atoms with Crippen molar-refractivity contribution in [2.45, 2.75) is 16.6 Å². The number of rotatable bonds is 5. The summed E-state index contributed by atoms with van der Waals surface area (Å²) in [5.41, 5.74) is -0.124. The predicted molar refractivity (Wildman–Crippen MR) is 101 cm³/mol.